The number of hydrogen-bond donors (Lipinski definition) is 0. The third-order valence-electron chi connectivity index (χ3n) is 4.61. The Balaban J connectivity index is 2.05. The normalized spacial score (nSPS) is 12.3. The molecule has 5 nitrogen and oxygen atoms in total. The van der Waals surface area contributed by atoms with Crippen molar-refractivity contribution < 1.29 is 9.53 Å². The van der Waals surface area contributed by atoms with E-state index in [0.29, 0.717) is 6.61 Å². The molecule has 0 amide bonds. The van der Waals surface area contributed by atoms with Gasteiger partial charge in [0, 0.05) is 17.8 Å². The zero-order valence-electron chi connectivity index (χ0n) is 16.0. The molecule has 0 fully saturated rings. The van der Waals surface area contributed by atoms with E-state index >= 15 is 0 Å². The molecule has 0 aliphatic heterocycles. The highest BCUT2D eigenvalue weighted by atomic mass is 16.5. The van der Waals surface area contributed by atoms with Crippen LogP contribution >= 0.6 is 0 Å². The van der Waals surface area contributed by atoms with Crippen LogP contribution < -0.4 is 0 Å². The molecule has 5 heteroatoms. The second-order valence-corrected chi connectivity index (χ2v) is 6.54. The van der Waals surface area contributed by atoms with E-state index in [4.69, 9.17) is 14.7 Å². The van der Waals surface area contributed by atoms with Gasteiger partial charge < -0.3 is 4.74 Å². The number of esters is 1. The fraction of sp³-hybridized carbons (Fsp3) is 0.381. The predicted octanol–water partition coefficient (Wildman–Crippen LogP) is 4.27. The van der Waals surface area contributed by atoms with Crippen molar-refractivity contribution in [3.63, 3.8) is 0 Å². The number of fused-ring (bicyclic) bond motifs is 1. The van der Waals surface area contributed by atoms with Crippen molar-refractivity contribution in [1.29, 1.82) is 0 Å². The van der Waals surface area contributed by atoms with Gasteiger partial charge in [-0.15, -0.1) is 0 Å². The number of pyridine rings is 1. The average molecular weight is 351 g/mol. The topological polar surface area (TPSA) is 57.0 Å². The van der Waals surface area contributed by atoms with Crippen LogP contribution in [0.25, 0.3) is 16.9 Å². The molecule has 3 rings (SSSR count). The van der Waals surface area contributed by atoms with Crippen LogP contribution in [-0.2, 0) is 16.0 Å². The molecular weight excluding hydrogens is 326 g/mol. The van der Waals surface area contributed by atoms with Gasteiger partial charge in [0.1, 0.15) is 11.3 Å². The second kappa shape index (κ2) is 7.28. The standard InChI is InChI=1S/C21H25N3O2/c1-6-18-23-19-13(3)12-14(4)22-20(19)24(18)17-10-8-16(9-11-17)15(5)21(25)26-7-2/h8-12,15H,6-7H2,1-5H3. The number of nitrogens with zero attached hydrogens (tertiary/aromatic N) is 3. The Labute approximate surface area is 154 Å². The molecule has 2 heterocycles. The van der Waals surface area contributed by atoms with E-state index in [1.165, 1.54) is 0 Å². The Hall–Kier alpha value is -2.69. The second-order valence-electron chi connectivity index (χ2n) is 6.54. The van der Waals surface area contributed by atoms with Crippen molar-refractivity contribution in [1.82, 2.24) is 14.5 Å². The van der Waals surface area contributed by atoms with Crippen molar-refractivity contribution in [3.8, 4) is 5.69 Å². The molecule has 2 aromatic heterocycles. The highest BCUT2D eigenvalue weighted by Crippen LogP contribution is 2.25. The van der Waals surface area contributed by atoms with Crippen LogP contribution in [-0.4, -0.2) is 27.1 Å². The lowest BCUT2D eigenvalue weighted by molar-refractivity contribution is -0.144. The van der Waals surface area contributed by atoms with E-state index in [1.807, 2.05) is 45.0 Å². The molecule has 1 unspecified atom stereocenters. The van der Waals surface area contributed by atoms with Crippen molar-refractivity contribution in [2.75, 3.05) is 6.61 Å². The van der Waals surface area contributed by atoms with Gasteiger partial charge in [-0.2, -0.15) is 0 Å². The van der Waals surface area contributed by atoms with E-state index in [0.717, 1.165) is 45.9 Å². The van der Waals surface area contributed by atoms with E-state index in [-0.39, 0.29) is 11.9 Å². The van der Waals surface area contributed by atoms with Gasteiger partial charge in [0.15, 0.2) is 5.65 Å². The zero-order chi connectivity index (χ0) is 18.8. The number of ether oxygens (including phenoxy) is 1. The maximum atomic E-state index is 12.0. The van der Waals surface area contributed by atoms with E-state index in [9.17, 15) is 4.79 Å². The number of rotatable bonds is 5. The Morgan fingerprint density at radius 1 is 1.15 bits per heavy atom. The average Bonchev–Trinajstić information content (AvgIpc) is 3.00. The smallest absolute Gasteiger partial charge is 0.313 e. The minimum atomic E-state index is -0.281. The molecule has 26 heavy (non-hydrogen) atoms. The highest BCUT2D eigenvalue weighted by Gasteiger charge is 2.18. The summed E-state index contributed by atoms with van der Waals surface area (Å²) < 4.78 is 7.22. The maximum absolute atomic E-state index is 12.0. The highest BCUT2D eigenvalue weighted by molar-refractivity contribution is 5.79. The van der Waals surface area contributed by atoms with Gasteiger partial charge >= 0.3 is 5.97 Å². The zero-order valence-corrected chi connectivity index (χ0v) is 16.0. The number of imidazole rings is 1. The Morgan fingerprint density at radius 3 is 2.46 bits per heavy atom. The van der Waals surface area contributed by atoms with E-state index in [1.54, 1.807) is 0 Å². The molecule has 1 atom stereocenters. The number of benzene rings is 1. The monoisotopic (exact) mass is 351 g/mol. The summed E-state index contributed by atoms with van der Waals surface area (Å²) in [4.78, 5) is 21.5. The number of aromatic nitrogens is 3. The summed E-state index contributed by atoms with van der Waals surface area (Å²) in [7, 11) is 0. The van der Waals surface area contributed by atoms with Crippen molar-refractivity contribution in [2.45, 2.75) is 47.0 Å². The van der Waals surface area contributed by atoms with E-state index < -0.39 is 0 Å². The molecule has 1 aromatic carbocycles. The first-order valence-electron chi connectivity index (χ1n) is 9.08. The third kappa shape index (κ3) is 3.21. The van der Waals surface area contributed by atoms with Crippen LogP contribution in [0.1, 0.15) is 49.3 Å². The van der Waals surface area contributed by atoms with Crippen LogP contribution in [0.5, 0.6) is 0 Å². The summed E-state index contributed by atoms with van der Waals surface area (Å²) in [6.07, 6.45) is 0.815. The SMILES string of the molecule is CCOC(=O)C(C)c1ccc(-n2c(CC)nc3c(C)cc(C)nc32)cc1. The fourth-order valence-corrected chi connectivity index (χ4v) is 3.23. The van der Waals surface area contributed by atoms with Gasteiger partial charge in [0.2, 0.25) is 0 Å². The van der Waals surface area contributed by atoms with E-state index in [2.05, 4.69) is 24.5 Å². The molecule has 0 spiro atoms. The fourth-order valence-electron chi connectivity index (χ4n) is 3.23. The first kappa shape index (κ1) is 18.1. The summed E-state index contributed by atoms with van der Waals surface area (Å²) in [6, 6.07) is 10.0. The van der Waals surface area contributed by atoms with Crippen LogP contribution in [0, 0.1) is 13.8 Å². The van der Waals surface area contributed by atoms with Gasteiger partial charge in [-0.3, -0.25) is 9.36 Å². The molecule has 0 N–H and O–H groups in total. The Morgan fingerprint density at radius 2 is 1.85 bits per heavy atom. The van der Waals surface area contributed by atoms with Gasteiger partial charge in [0.05, 0.1) is 12.5 Å². The third-order valence-corrected chi connectivity index (χ3v) is 4.61. The molecule has 0 bridgehead atoms. The molecule has 0 aliphatic rings. The number of carbonyl (C=O) groups excluding carboxylic acids is 1. The van der Waals surface area contributed by atoms with Crippen molar-refractivity contribution >= 4 is 17.1 Å². The summed E-state index contributed by atoms with van der Waals surface area (Å²) in [5.74, 6) is 0.500. The minimum Gasteiger partial charge on any atom is -0.466 e. The van der Waals surface area contributed by atoms with Crippen molar-refractivity contribution in [3.05, 3.63) is 53.0 Å². The van der Waals surface area contributed by atoms with Crippen LogP contribution in [0.4, 0.5) is 0 Å². The maximum Gasteiger partial charge on any atom is 0.313 e. The quantitative estimate of drug-likeness (QED) is 0.644. The number of aryl methyl sites for hydroxylation is 3. The molecule has 0 aliphatic carbocycles. The number of carbonyl (C=O) groups is 1. The minimum absolute atomic E-state index is 0.199. The lowest BCUT2D eigenvalue weighted by Gasteiger charge is -2.13. The van der Waals surface area contributed by atoms with Gasteiger partial charge in [-0.25, -0.2) is 9.97 Å². The lowest BCUT2D eigenvalue weighted by Crippen LogP contribution is -2.13. The van der Waals surface area contributed by atoms with Crippen LogP contribution in [0.2, 0.25) is 0 Å². The van der Waals surface area contributed by atoms with Crippen LogP contribution in [0.15, 0.2) is 30.3 Å². The first-order chi connectivity index (χ1) is 12.5. The largest absolute Gasteiger partial charge is 0.466 e. The van der Waals surface area contributed by atoms with Crippen LogP contribution in [0.3, 0.4) is 0 Å². The molecule has 0 radical (unpaired) electrons. The molecule has 0 saturated heterocycles. The van der Waals surface area contributed by atoms with Gasteiger partial charge in [-0.05, 0) is 57.0 Å². The predicted molar refractivity (Wildman–Crippen MR) is 103 cm³/mol. The molecule has 3 aromatic rings. The Kier molecular flexibility index (Phi) is 5.07. The summed E-state index contributed by atoms with van der Waals surface area (Å²) in [6.45, 7) is 10.2. The number of hydrogen-bond acceptors (Lipinski definition) is 4. The summed E-state index contributed by atoms with van der Waals surface area (Å²) >= 11 is 0. The van der Waals surface area contributed by atoms with Crippen molar-refractivity contribution in [2.24, 2.45) is 0 Å². The molecular formula is C21H25N3O2. The molecule has 136 valence electrons. The first-order valence-corrected chi connectivity index (χ1v) is 9.08. The summed E-state index contributed by atoms with van der Waals surface area (Å²) in [5.41, 5.74) is 5.87. The lowest BCUT2D eigenvalue weighted by atomic mass is 10.0. The summed E-state index contributed by atoms with van der Waals surface area (Å²) in [5, 5.41) is 0. The Bertz CT molecular complexity index is 942. The molecule has 0 saturated carbocycles. The van der Waals surface area contributed by atoms with Gasteiger partial charge in [0.25, 0.3) is 0 Å². The van der Waals surface area contributed by atoms with Gasteiger partial charge in [-0.1, -0.05) is 19.1 Å².